The van der Waals surface area contributed by atoms with E-state index in [2.05, 4.69) is 15.2 Å². The van der Waals surface area contributed by atoms with Crippen molar-refractivity contribution in [2.75, 3.05) is 41.0 Å². The van der Waals surface area contributed by atoms with Crippen LogP contribution in [0.5, 0.6) is 17.2 Å². The first-order valence-electron chi connectivity index (χ1n) is 16.9. The lowest BCUT2D eigenvalue weighted by Crippen LogP contribution is -2.52. The number of benzene rings is 3. The maximum atomic E-state index is 14.0. The molecule has 51 heavy (non-hydrogen) atoms. The number of nitrogens with one attached hydrogen (secondary N) is 1. The standard InChI is InChI=1S/C39H41Cl2N3O7/c1-48-33-7-5-4-6-27(33)37(39(47)51-36-22-44-14-12-24(36)13-15-44)43-19-23-8-10-26(38(45)46)29(16-23)28(18-30-31(40)20-42-21-32(30)41)25-9-11-34(49-2)35(17-25)50-3/h4-11,16-17,20-21,24,28,36-37,43H,12-15,18-19,22H2,1-3H3,(H,45,46)/t28-,36-,37?/m0/s1. The van der Waals surface area contributed by atoms with Crippen molar-refractivity contribution in [3.8, 4) is 17.2 Å². The number of fused-ring (bicyclic) bond motifs is 3. The molecule has 12 heteroatoms. The number of ether oxygens (including phenoxy) is 4. The van der Waals surface area contributed by atoms with Gasteiger partial charge in [-0.25, -0.2) is 9.59 Å². The summed E-state index contributed by atoms with van der Waals surface area (Å²) in [6, 6.07) is 17.2. The Labute approximate surface area is 307 Å². The minimum Gasteiger partial charge on any atom is -0.496 e. The summed E-state index contributed by atoms with van der Waals surface area (Å²) >= 11 is 13.2. The lowest BCUT2D eigenvalue weighted by Gasteiger charge is -2.44. The normalized spacial score (nSPS) is 19.2. The Morgan fingerprint density at radius 2 is 1.61 bits per heavy atom. The van der Waals surface area contributed by atoms with Gasteiger partial charge >= 0.3 is 11.9 Å². The topological polar surface area (TPSA) is 119 Å². The Kier molecular flexibility index (Phi) is 11.7. The van der Waals surface area contributed by atoms with Crippen LogP contribution in [0.2, 0.25) is 10.0 Å². The van der Waals surface area contributed by atoms with E-state index in [9.17, 15) is 14.7 Å². The van der Waals surface area contributed by atoms with Gasteiger partial charge in [0.1, 0.15) is 17.9 Å². The van der Waals surface area contributed by atoms with Crippen LogP contribution in [-0.4, -0.2) is 74.0 Å². The Morgan fingerprint density at radius 3 is 2.25 bits per heavy atom. The van der Waals surface area contributed by atoms with E-state index < -0.39 is 17.9 Å². The van der Waals surface area contributed by atoms with Gasteiger partial charge in [-0.3, -0.25) is 15.2 Å². The number of carbonyl (C=O) groups excluding carboxylic acids is 1. The number of carbonyl (C=O) groups is 2. The molecule has 3 aliphatic heterocycles. The number of aromatic nitrogens is 1. The molecule has 0 aliphatic carbocycles. The minimum atomic E-state index is -1.09. The van der Waals surface area contributed by atoms with E-state index in [4.69, 9.17) is 42.1 Å². The van der Waals surface area contributed by atoms with Gasteiger partial charge in [-0.05, 0) is 84.8 Å². The summed E-state index contributed by atoms with van der Waals surface area (Å²) in [4.78, 5) is 33.1. The van der Waals surface area contributed by atoms with E-state index in [0.717, 1.165) is 43.6 Å². The number of hydrogen-bond acceptors (Lipinski definition) is 9. The van der Waals surface area contributed by atoms with E-state index in [1.807, 2.05) is 42.5 Å². The zero-order valence-electron chi connectivity index (χ0n) is 28.7. The van der Waals surface area contributed by atoms with Crippen LogP contribution in [0.25, 0.3) is 0 Å². The van der Waals surface area contributed by atoms with Gasteiger partial charge in [-0.1, -0.05) is 59.6 Å². The Bertz CT molecular complexity index is 1860. The Balaban J connectivity index is 1.36. The fourth-order valence-electron chi connectivity index (χ4n) is 7.23. The minimum absolute atomic E-state index is 0.114. The number of aromatic carboxylic acids is 1. The lowest BCUT2D eigenvalue weighted by atomic mass is 9.82. The fourth-order valence-corrected chi connectivity index (χ4v) is 7.74. The highest BCUT2D eigenvalue weighted by Gasteiger charge is 2.38. The van der Waals surface area contributed by atoms with Crippen molar-refractivity contribution >= 4 is 35.1 Å². The van der Waals surface area contributed by atoms with E-state index in [-0.39, 0.29) is 30.6 Å². The summed E-state index contributed by atoms with van der Waals surface area (Å²) in [5, 5.41) is 14.6. The molecule has 268 valence electrons. The first-order valence-corrected chi connectivity index (χ1v) is 17.6. The van der Waals surface area contributed by atoms with Crippen LogP contribution in [0.15, 0.2) is 73.1 Å². The van der Waals surface area contributed by atoms with Gasteiger partial charge in [0.15, 0.2) is 11.5 Å². The highest BCUT2D eigenvalue weighted by Crippen LogP contribution is 2.39. The van der Waals surface area contributed by atoms with Crippen LogP contribution >= 0.6 is 23.2 Å². The SMILES string of the molecule is COc1ccc([C@H](Cc2c(Cl)cncc2Cl)c2cc(CNC(C(=O)O[C@H]3CN4CCC3CC4)c3ccccc3OC)ccc2C(=O)O)cc1OC. The molecule has 2 bridgehead atoms. The summed E-state index contributed by atoms with van der Waals surface area (Å²) in [5.41, 5.74) is 3.43. The number of nitrogens with zero attached hydrogens (tertiary/aromatic N) is 2. The summed E-state index contributed by atoms with van der Waals surface area (Å²) in [7, 11) is 4.67. The molecule has 0 saturated carbocycles. The van der Waals surface area contributed by atoms with Crippen molar-refractivity contribution in [3.05, 3.63) is 116 Å². The number of hydrogen-bond donors (Lipinski definition) is 2. The number of carboxylic acids is 1. The van der Waals surface area contributed by atoms with Gasteiger partial charge in [0.05, 0.1) is 36.9 Å². The number of para-hydroxylation sites is 1. The molecule has 7 rings (SSSR count). The van der Waals surface area contributed by atoms with Crippen LogP contribution in [0.3, 0.4) is 0 Å². The number of methoxy groups -OCH3 is 3. The van der Waals surface area contributed by atoms with Gasteiger partial charge < -0.3 is 24.1 Å². The Hall–Kier alpha value is -4.35. The first kappa shape index (κ1) is 36.4. The highest BCUT2D eigenvalue weighted by molar-refractivity contribution is 6.35. The maximum absolute atomic E-state index is 14.0. The molecular weight excluding hydrogens is 693 g/mol. The van der Waals surface area contributed by atoms with Gasteiger partial charge in [-0.15, -0.1) is 0 Å². The second-order valence-electron chi connectivity index (χ2n) is 12.8. The molecule has 0 spiro atoms. The van der Waals surface area contributed by atoms with Gasteiger partial charge in [0.2, 0.25) is 0 Å². The number of pyridine rings is 1. The summed E-state index contributed by atoms with van der Waals surface area (Å²) < 4.78 is 22.9. The van der Waals surface area contributed by atoms with Crippen molar-refractivity contribution in [1.82, 2.24) is 15.2 Å². The van der Waals surface area contributed by atoms with Crippen molar-refractivity contribution in [1.29, 1.82) is 0 Å². The molecule has 3 atom stereocenters. The molecule has 1 unspecified atom stereocenters. The lowest BCUT2D eigenvalue weighted by molar-refractivity contribution is -0.161. The van der Waals surface area contributed by atoms with E-state index in [1.165, 1.54) is 12.4 Å². The number of carboxylic acid groups (broad SMARTS) is 1. The van der Waals surface area contributed by atoms with Crippen LogP contribution in [0.4, 0.5) is 0 Å². The smallest absolute Gasteiger partial charge is 0.335 e. The predicted octanol–water partition coefficient (Wildman–Crippen LogP) is 6.96. The van der Waals surface area contributed by atoms with Crippen molar-refractivity contribution < 1.29 is 33.6 Å². The number of esters is 1. The van der Waals surface area contributed by atoms with E-state index in [1.54, 1.807) is 39.5 Å². The average molecular weight is 735 g/mol. The largest absolute Gasteiger partial charge is 0.496 e. The van der Waals surface area contributed by atoms with Gasteiger partial charge in [-0.2, -0.15) is 0 Å². The molecule has 2 N–H and O–H groups in total. The molecule has 4 aromatic rings. The van der Waals surface area contributed by atoms with E-state index in [0.29, 0.717) is 49.9 Å². The predicted molar refractivity (Wildman–Crippen MR) is 194 cm³/mol. The molecule has 4 heterocycles. The molecule has 3 aliphatic rings. The molecule has 3 fully saturated rings. The third-order valence-electron chi connectivity index (χ3n) is 9.95. The van der Waals surface area contributed by atoms with Crippen LogP contribution in [0, 0.1) is 5.92 Å². The van der Waals surface area contributed by atoms with Crippen molar-refractivity contribution in [2.24, 2.45) is 5.92 Å². The maximum Gasteiger partial charge on any atom is 0.335 e. The zero-order valence-corrected chi connectivity index (χ0v) is 30.2. The second-order valence-corrected chi connectivity index (χ2v) is 13.7. The first-order chi connectivity index (χ1) is 24.7. The summed E-state index contributed by atoms with van der Waals surface area (Å²) in [5.74, 6) is -0.0750. The van der Waals surface area contributed by atoms with Crippen molar-refractivity contribution in [2.45, 2.75) is 43.9 Å². The fraction of sp³-hybridized carbons (Fsp3) is 0.359. The Morgan fingerprint density at radius 1 is 0.902 bits per heavy atom. The van der Waals surface area contributed by atoms with Crippen LogP contribution < -0.4 is 19.5 Å². The van der Waals surface area contributed by atoms with E-state index >= 15 is 0 Å². The third kappa shape index (κ3) is 8.10. The second kappa shape index (κ2) is 16.3. The average Bonchev–Trinajstić information content (AvgIpc) is 3.15. The number of rotatable bonds is 14. The molecule has 0 radical (unpaired) electrons. The molecule has 3 saturated heterocycles. The number of halogens is 2. The molecule has 3 aromatic carbocycles. The summed E-state index contributed by atoms with van der Waals surface area (Å²) in [6.07, 6.45) is 5.15. The van der Waals surface area contributed by atoms with Gasteiger partial charge in [0, 0.05) is 37.0 Å². The number of piperidine rings is 3. The molecular formula is C39H41Cl2N3O7. The zero-order chi connectivity index (χ0) is 36.1. The summed E-state index contributed by atoms with van der Waals surface area (Å²) in [6.45, 7) is 3.02. The van der Waals surface area contributed by atoms with Gasteiger partial charge in [0.25, 0.3) is 0 Å². The van der Waals surface area contributed by atoms with Crippen LogP contribution in [0.1, 0.15) is 63.0 Å². The monoisotopic (exact) mass is 733 g/mol. The van der Waals surface area contributed by atoms with Crippen molar-refractivity contribution in [3.63, 3.8) is 0 Å². The third-order valence-corrected chi connectivity index (χ3v) is 10.6. The molecule has 1 aromatic heterocycles. The quantitative estimate of drug-likeness (QED) is 0.132. The molecule has 10 nitrogen and oxygen atoms in total. The van der Waals surface area contributed by atoms with Crippen LogP contribution in [-0.2, 0) is 22.5 Å². The highest BCUT2D eigenvalue weighted by atomic mass is 35.5. The molecule has 0 amide bonds.